The SMILES string of the molecule is CNCCCC(=O)NC(C)C(c1ccccc1)c1ccccc1. The molecule has 1 atom stereocenters. The number of hydrogen-bond acceptors (Lipinski definition) is 2. The molecule has 1 unspecified atom stereocenters. The Labute approximate surface area is 139 Å². The highest BCUT2D eigenvalue weighted by Gasteiger charge is 2.22. The highest BCUT2D eigenvalue weighted by Crippen LogP contribution is 2.27. The summed E-state index contributed by atoms with van der Waals surface area (Å²) in [6, 6.07) is 20.8. The highest BCUT2D eigenvalue weighted by molar-refractivity contribution is 5.76. The molecule has 0 radical (unpaired) electrons. The van der Waals surface area contributed by atoms with Gasteiger partial charge in [-0.25, -0.2) is 0 Å². The molecule has 2 rings (SSSR count). The largest absolute Gasteiger partial charge is 0.353 e. The fraction of sp³-hybridized carbons (Fsp3) is 0.350. The van der Waals surface area contributed by atoms with Crippen molar-refractivity contribution in [3.63, 3.8) is 0 Å². The van der Waals surface area contributed by atoms with E-state index in [0.29, 0.717) is 6.42 Å². The molecule has 3 heteroatoms. The second kappa shape index (κ2) is 9.11. The maximum Gasteiger partial charge on any atom is 0.220 e. The molecule has 2 aromatic rings. The van der Waals surface area contributed by atoms with E-state index in [1.54, 1.807) is 0 Å². The standard InChI is InChI=1S/C20H26N2O/c1-16(22-19(23)14-9-15-21-2)20(17-10-5-3-6-11-17)18-12-7-4-8-13-18/h3-8,10-13,16,20-21H,9,14-15H2,1-2H3,(H,22,23). The van der Waals surface area contributed by atoms with Crippen molar-refractivity contribution in [1.82, 2.24) is 10.6 Å². The van der Waals surface area contributed by atoms with Gasteiger partial charge in [-0.05, 0) is 38.1 Å². The van der Waals surface area contributed by atoms with Crippen LogP contribution in [0.2, 0.25) is 0 Å². The van der Waals surface area contributed by atoms with E-state index in [4.69, 9.17) is 0 Å². The Kier molecular flexibility index (Phi) is 6.82. The lowest BCUT2D eigenvalue weighted by atomic mass is 9.86. The minimum atomic E-state index is 0.0434. The fourth-order valence-corrected chi connectivity index (χ4v) is 2.93. The van der Waals surface area contributed by atoms with E-state index in [1.165, 1.54) is 11.1 Å². The summed E-state index contributed by atoms with van der Waals surface area (Å²) in [5.41, 5.74) is 2.45. The summed E-state index contributed by atoms with van der Waals surface area (Å²) < 4.78 is 0. The van der Waals surface area contributed by atoms with Gasteiger partial charge in [0.25, 0.3) is 0 Å². The third-order valence-corrected chi connectivity index (χ3v) is 4.04. The molecule has 3 nitrogen and oxygen atoms in total. The Morgan fingerprint density at radius 2 is 1.48 bits per heavy atom. The second-order valence-corrected chi connectivity index (χ2v) is 5.86. The van der Waals surface area contributed by atoms with Gasteiger partial charge in [-0.3, -0.25) is 4.79 Å². The Hall–Kier alpha value is -2.13. The predicted molar refractivity (Wildman–Crippen MR) is 95.5 cm³/mol. The first-order valence-electron chi connectivity index (χ1n) is 8.26. The van der Waals surface area contributed by atoms with E-state index in [9.17, 15) is 4.79 Å². The number of benzene rings is 2. The van der Waals surface area contributed by atoms with Gasteiger partial charge < -0.3 is 10.6 Å². The van der Waals surface area contributed by atoms with Gasteiger partial charge in [0.1, 0.15) is 0 Å². The van der Waals surface area contributed by atoms with Crippen LogP contribution >= 0.6 is 0 Å². The van der Waals surface area contributed by atoms with Crippen molar-refractivity contribution in [2.45, 2.75) is 31.7 Å². The van der Waals surface area contributed by atoms with E-state index in [0.717, 1.165) is 13.0 Å². The molecule has 0 aliphatic heterocycles. The first-order valence-corrected chi connectivity index (χ1v) is 8.26. The summed E-state index contributed by atoms with van der Waals surface area (Å²) in [4.78, 5) is 12.2. The number of carbonyl (C=O) groups excluding carboxylic acids is 1. The van der Waals surface area contributed by atoms with Crippen LogP contribution in [-0.2, 0) is 4.79 Å². The molecule has 0 saturated heterocycles. The third-order valence-electron chi connectivity index (χ3n) is 4.04. The van der Waals surface area contributed by atoms with E-state index < -0.39 is 0 Å². The van der Waals surface area contributed by atoms with Gasteiger partial charge in [0.05, 0.1) is 0 Å². The van der Waals surface area contributed by atoms with Crippen molar-refractivity contribution in [2.75, 3.05) is 13.6 Å². The van der Waals surface area contributed by atoms with Gasteiger partial charge in [0, 0.05) is 18.4 Å². The molecule has 0 heterocycles. The number of rotatable bonds is 8. The fourth-order valence-electron chi connectivity index (χ4n) is 2.93. The molecule has 0 aliphatic rings. The molecular formula is C20H26N2O. The molecule has 2 N–H and O–H groups in total. The number of amides is 1. The zero-order valence-electron chi connectivity index (χ0n) is 14.0. The maximum absolute atomic E-state index is 12.2. The van der Waals surface area contributed by atoms with Crippen molar-refractivity contribution in [3.05, 3.63) is 71.8 Å². The highest BCUT2D eigenvalue weighted by atomic mass is 16.1. The van der Waals surface area contributed by atoms with Gasteiger partial charge in [0.15, 0.2) is 0 Å². The molecule has 0 fully saturated rings. The topological polar surface area (TPSA) is 41.1 Å². The minimum absolute atomic E-state index is 0.0434. The second-order valence-electron chi connectivity index (χ2n) is 5.86. The lowest BCUT2D eigenvalue weighted by molar-refractivity contribution is -0.121. The Morgan fingerprint density at radius 1 is 0.957 bits per heavy atom. The quantitative estimate of drug-likeness (QED) is 0.734. The van der Waals surface area contributed by atoms with Crippen molar-refractivity contribution in [1.29, 1.82) is 0 Å². The zero-order valence-corrected chi connectivity index (χ0v) is 14.0. The molecule has 23 heavy (non-hydrogen) atoms. The third kappa shape index (κ3) is 5.22. The molecule has 0 spiro atoms. The van der Waals surface area contributed by atoms with E-state index in [2.05, 4.69) is 41.8 Å². The normalized spacial score (nSPS) is 12.1. The van der Waals surface area contributed by atoms with E-state index in [-0.39, 0.29) is 17.9 Å². The van der Waals surface area contributed by atoms with Crippen LogP contribution in [0, 0.1) is 0 Å². The predicted octanol–water partition coefficient (Wildman–Crippen LogP) is 3.32. The molecule has 0 saturated carbocycles. The zero-order chi connectivity index (χ0) is 16.5. The van der Waals surface area contributed by atoms with Gasteiger partial charge in [0.2, 0.25) is 5.91 Å². The number of hydrogen-bond donors (Lipinski definition) is 2. The summed E-state index contributed by atoms with van der Waals surface area (Å²) >= 11 is 0. The van der Waals surface area contributed by atoms with E-state index >= 15 is 0 Å². The molecular weight excluding hydrogens is 284 g/mol. The summed E-state index contributed by atoms with van der Waals surface area (Å²) in [7, 11) is 1.90. The van der Waals surface area contributed by atoms with Crippen LogP contribution in [0.4, 0.5) is 0 Å². The molecule has 122 valence electrons. The Bertz CT molecular complexity index is 544. The summed E-state index contributed by atoms with van der Waals surface area (Å²) in [5, 5.41) is 6.24. The molecule has 2 aromatic carbocycles. The number of nitrogens with one attached hydrogen (secondary N) is 2. The Balaban J connectivity index is 2.13. The molecule has 0 aliphatic carbocycles. The molecule has 1 amide bonds. The van der Waals surface area contributed by atoms with Gasteiger partial charge >= 0.3 is 0 Å². The molecule has 0 aromatic heterocycles. The van der Waals surface area contributed by atoms with Crippen molar-refractivity contribution in [3.8, 4) is 0 Å². The lowest BCUT2D eigenvalue weighted by Gasteiger charge is -2.26. The average molecular weight is 310 g/mol. The van der Waals surface area contributed by atoms with Crippen LogP contribution in [0.1, 0.15) is 36.8 Å². The Morgan fingerprint density at radius 3 is 1.96 bits per heavy atom. The van der Waals surface area contributed by atoms with Gasteiger partial charge in [-0.15, -0.1) is 0 Å². The monoisotopic (exact) mass is 310 g/mol. The van der Waals surface area contributed by atoms with Crippen molar-refractivity contribution >= 4 is 5.91 Å². The first-order chi connectivity index (χ1) is 11.2. The van der Waals surface area contributed by atoms with Crippen LogP contribution in [0.3, 0.4) is 0 Å². The molecule has 0 bridgehead atoms. The summed E-state index contributed by atoms with van der Waals surface area (Å²) in [6.45, 7) is 2.95. The first kappa shape index (κ1) is 17.2. The summed E-state index contributed by atoms with van der Waals surface area (Å²) in [6.07, 6.45) is 1.41. The van der Waals surface area contributed by atoms with Gasteiger partial charge in [-0.1, -0.05) is 60.7 Å². The van der Waals surface area contributed by atoms with Crippen LogP contribution in [0.25, 0.3) is 0 Å². The summed E-state index contributed by atoms with van der Waals surface area (Å²) in [5.74, 6) is 0.273. The van der Waals surface area contributed by atoms with Crippen LogP contribution in [-0.4, -0.2) is 25.5 Å². The lowest BCUT2D eigenvalue weighted by Crippen LogP contribution is -2.37. The maximum atomic E-state index is 12.2. The van der Waals surface area contributed by atoms with Crippen molar-refractivity contribution < 1.29 is 4.79 Å². The number of carbonyl (C=O) groups is 1. The van der Waals surface area contributed by atoms with Crippen LogP contribution < -0.4 is 10.6 Å². The van der Waals surface area contributed by atoms with E-state index in [1.807, 2.05) is 43.4 Å². The van der Waals surface area contributed by atoms with Crippen LogP contribution in [0.15, 0.2) is 60.7 Å². The smallest absolute Gasteiger partial charge is 0.220 e. The minimum Gasteiger partial charge on any atom is -0.353 e. The van der Waals surface area contributed by atoms with Crippen LogP contribution in [0.5, 0.6) is 0 Å². The van der Waals surface area contributed by atoms with Crippen molar-refractivity contribution in [2.24, 2.45) is 0 Å². The average Bonchev–Trinajstić information content (AvgIpc) is 2.57. The van der Waals surface area contributed by atoms with Gasteiger partial charge in [-0.2, -0.15) is 0 Å².